The summed E-state index contributed by atoms with van der Waals surface area (Å²) in [6, 6.07) is 0. The normalized spacial score (nSPS) is 14.6. The van der Waals surface area contributed by atoms with E-state index in [4.69, 9.17) is 0 Å². The van der Waals surface area contributed by atoms with Gasteiger partial charge in [0.25, 0.3) is 5.63 Å². The van der Waals surface area contributed by atoms with Gasteiger partial charge in [-0.05, 0) is 11.6 Å². The second-order valence-corrected chi connectivity index (χ2v) is 1.73. The highest BCUT2D eigenvalue weighted by molar-refractivity contribution is 6.30. The molecule has 0 aromatic carbocycles. The lowest BCUT2D eigenvalue weighted by atomic mass is 10.8. The van der Waals surface area contributed by atoms with Gasteiger partial charge in [-0.2, -0.15) is 8.78 Å². The minimum atomic E-state index is -3.93. The van der Waals surface area contributed by atoms with E-state index in [-0.39, 0.29) is 4.70 Å². The van der Waals surface area contributed by atoms with E-state index in [2.05, 4.69) is 23.2 Å². The van der Waals surface area contributed by atoms with E-state index >= 15 is 0 Å². The monoisotopic (exact) mass is 171 g/mol. The molecule has 0 N–H and O–H groups in total. The number of rotatable bonds is 1. The van der Waals surface area contributed by atoms with E-state index in [1.807, 2.05) is 0 Å². The van der Waals surface area contributed by atoms with Crippen LogP contribution in [-0.2, 0) is 0 Å². The fraction of sp³-hybridized carbons (Fsp3) is 1.00. The molecular weight excluding hydrogens is 171 g/mol. The molecule has 0 aliphatic rings. The van der Waals surface area contributed by atoms with Gasteiger partial charge in [-0.1, -0.05) is 11.6 Å². The van der Waals surface area contributed by atoms with Gasteiger partial charge in [0.2, 0.25) is 0 Å². The number of hydrogen-bond acceptors (Lipinski definition) is 0. The predicted molar refractivity (Wildman–Crippen MR) is 21.5 cm³/mol. The summed E-state index contributed by atoms with van der Waals surface area (Å²) < 4.78 is 33.3. The van der Waals surface area contributed by atoms with Gasteiger partial charge in [-0.25, -0.2) is 4.39 Å². The first-order valence-electron chi connectivity index (χ1n) is 1.29. The van der Waals surface area contributed by atoms with Gasteiger partial charge < -0.3 is 4.70 Å². The molecule has 0 bridgehead atoms. The zero-order chi connectivity index (χ0) is 6.08. The van der Waals surface area contributed by atoms with Crippen LogP contribution in [0.3, 0.4) is 0 Å². The molecule has 8 heavy (non-hydrogen) atoms. The van der Waals surface area contributed by atoms with Crippen molar-refractivity contribution < 1.29 is 17.9 Å². The van der Waals surface area contributed by atoms with Crippen LogP contribution < -0.4 is 4.70 Å². The van der Waals surface area contributed by atoms with Crippen LogP contribution in [0.2, 0.25) is 0 Å². The highest BCUT2D eigenvalue weighted by Gasteiger charge is 2.35. The van der Waals surface area contributed by atoms with Gasteiger partial charge >= 0.3 is 5.38 Å². The van der Waals surface area contributed by atoms with E-state index in [9.17, 15) is 13.2 Å². The maximum absolute atomic E-state index is 11.1. The first-order chi connectivity index (χ1) is 2.94. The predicted octanol–water partition coefficient (Wildman–Crippen LogP) is -0.644. The molecule has 0 heterocycles. The minimum Gasteiger partial charge on any atom is -1.00 e. The Kier molecular flexibility index (Phi) is 4.67. The van der Waals surface area contributed by atoms with Crippen LogP contribution in [0.4, 0.5) is 13.2 Å². The van der Waals surface area contributed by atoms with Crippen LogP contribution in [0.5, 0.6) is 0 Å². The van der Waals surface area contributed by atoms with Crippen molar-refractivity contribution in [3.05, 3.63) is 0 Å². The summed E-state index contributed by atoms with van der Waals surface area (Å²) in [5, 5.41) is -3.93. The van der Waals surface area contributed by atoms with Crippen LogP contribution in [0, 0.1) is 0 Å². The van der Waals surface area contributed by atoms with Crippen LogP contribution in [0.1, 0.15) is 0 Å². The highest BCUT2D eigenvalue weighted by Crippen LogP contribution is 2.28. The second kappa shape index (κ2) is 3.35. The average molecular weight is 172 g/mol. The van der Waals surface area contributed by atoms with E-state index in [0.717, 1.165) is 0 Å². The Morgan fingerprint density at radius 1 is 1.38 bits per heavy atom. The topological polar surface area (TPSA) is 0 Å². The van der Waals surface area contributed by atoms with Crippen molar-refractivity contribution in [1.29, 1.82) is 0 Å². The highest BCUT2D eigenvalue weighted by atomic mass is 35.5. The second-order valence-electron chi connectivity index (χ2n) is 0.842. The third kappa shape index (κ3) is 4.46. The molecule has 0 aromatic heterocycles. The van der Waals surface area contributed by atoms with Crippen LogP contribution in [0.15, 0.2) is 0 Å². The fourth-order valence-electron chi connectivity index (χ4n) is 0. The summed E-state index contributed by atoms with van der Waals surface area (Å²) in [4.78, 5) is 0. The minimum absolute atomic E-state index is 0. The lowest BCUT2D eigenvalue weighted by Crippen LogP contribution is -3.00. The van der Waals surface area contributed by atoms with Crippen molar-refractivity contribution >= 4 is 23.2 Å². The molecule has 52 valence electrons. The summed E-state index contributed by atoms with van der Waals surface area (Å²) in [6.07, 6.45) is 0. The van der Waals surface area contributed by atoms with Crippen molar-refractivity contribution in [3.8, 4) is 0 Å². The maximum Gasteiger partial charge on any atom is 0.366 e. The number of alkyl halides is 5. The summed E-state index contributed by atoms with van der Waals surface area (Å²) in [5.74, 6) is 0. The quantitative estimate of drug-likeness (QED) is 0.364. The molecule has 0 amide bonds. The summed E-state index contributed by atoms with van der Waals surface area (Å²) in [7, 11) is 0. The van der Waals surface area contributed by atoms with Crippen molar-refractivity contribution in [2.45, 2.75) is 11.0 Å². The summed E-state index contributed by atoms with van der Waals surface area (Å²) in [6.45, 7) is 0. The van der Waals surface area contributed by atoms with Crippen LogP contribution in [-0.4, -0.2) is 11.0 Å². The van der Waals surface area contributed by atoms with Crippen molar-refractivity contribution in [2.24, 2.45) is 0 Å². The molecule has 0 rings (SSSR count). The van der Waals surface area contributed by atoms with Crippen molar-refractivity contribution in [3.63, 3.8) is 0 Å². The Morgan fingerprint density at radius 3 is 1.50 bits per heavy atom. The van der Waals surface area contributed by atoms with Gasteiger partial charge in [0.05, 0.1) is 0 Å². The first kappa shape index (κ1) is 11.1. The van der Waals surface area contributed by atoms with Gasteiger partial charge in [0.15, 0.2) is 0 Å². The Balaban J connectivity index is 0. The molecule has 0 aliphatic carbocycles. The SMILES string of the molecule is FC(Cl)C(F)(F)Cl.[F-]. The smallest absolute Gasteiger partial charge is 0.366 e. The van der Waals surface area contributed by atoms with Gasteiger partial charge in [0.1, 0.15) is 0 Å². The molecule has 0 aliphatic heterocycles. The van der Waals surface area contributed by atoms with E-state index in [1.165, 1.54) is 0 Å². The van der Waals surface area contributed by atoms with E-state index in [0.29, 0.717) is 0 Å². The Hall–Kier alpha value is 0.300. The molecular formula is C2HCl2F4-. The van der Waals surface area contributed by atoms with Crippen LogP contribution >= 0.6 is 23.2 Å². The molecule has 1 atom stereocenters. The van der Waals surface area contributed by atoms with Gasteiger partial charge in [-0.3, -0.25) is 0 Å². The number of hydrogen-bond donors (Lipinski definition) is 0. The fourth-order valence-corrected chi connectivity index (χ4v) is 0. The Labute approximate surface area is 52.9 Å². The van der Waals surface area contributed by atoms with Crippen molar-refractivity contribution in [2.75, 3.05) is 0 Å². The Bertz CT molecular complexity index is 57.5. The molecule has 0 nitrogen and oxygen atoms in total. The van der Waals surface area contributed by atoms with Gasteiger partial charge in [-0.15, -0.1) is 0 Å². The molecule has 6 heteroatoms. The summed E-state index contributed by atoms with van der Waals surface area (Å²) in [5.41, 5.74) is -2.80. The first-order valence-corrected chi connectivity index (χ1v) is 2.11. The van der Waals surface area contributed by atoms with E-state index < -0.39 is 11.0 Å². The summed E-state index contributed by atoms with van der Waals surface area (Å²) >= 11 is 8.23. The van der Waals surface area contributed by atoms with E-state index in [1.54, 1.807) is 0 Å². The molecule has 0 spiro atoms. The van der Waals surface area contributed by atoms with Gasteiger partial charge in [0, 0.05) is 0 Å². The van der Waals surface area contributed by atoms with Crippen molar-refractivity contribution in [1.82, 2.24) is 0 Å². The third-order valence-electron chi connectivity index (χ3n) is 0.247. The lowest BCUT2D eigenvalue weighted by molar-refractivity contribution is -0.00000860. The maximum atomic E-state index is 11.1. The standard InChI is InChI=1S/C2HCl2F3.FH/c3-1(5)2(4,6)7;/h1H;1H/p-1. The molecule has 0 saturated heterocycles. The number of halogens is 6. The molecule has 0 saturated carbocycles. The Morgan fingerprint density at radius 2 is 1.50 bits per heavy atom. The molecule has 1 unspecified atom stereocenters. The molecule has 0 fully saturated rings. The van der Waals surface area contributed by atoms with Crippen LogP contribution in [0.25, 0.3) is 0 Å². The largest absolute Gasteiger partial charge is 1.00 e. The average Bonchev–Trinajstić information content (AvgIpc) is 1.31. The lowest BCUT2D eigenvalue weighted by Gasteiger charge is -2.03. The third-order valence-corrected chi connectivity index (χ3v) is 0.825. The zero-order valence-electron chi connectivity index (χ0n) is 3.35. The molecule has 0 aromatic rings. The molecule has 0 radical (unpaired) electrons. The zero-order valence-corrected chi connectivity index (χ0v) is 4.86.